The predicted octanol–water partition coefficient (Wildman–Crippen LogP) is 1.96. The lowest BCUT2D eigenvalue weighted by atomic mass is 9.90. The zero-order valence-corrected chi connectivity index (χ0v) is 8.14. The van der Waals surface area contributed by atoms with Crippen molar-refractivity contribution in [2.45, 2.75) is 19.3 Å². The van der Waals surface area contributed by atoms with Crippen LogP contribution in [0.1, 0.15) is 19.5 Å². The molecule has 1 aromatic heterocycles. The zero-order chi connectivity index (χ0) is 9.64. The monoisotopic (exact) mass is 196 g/mol. The molecule has 0 aromatic carbocycles. The van der Waals surface area contributed by atoms with Gasteiger partial charge < -0.3 is 5.32 Å². The molecule has 2 heterocycles. The van der Waals surface area contributed by atoms with Crippen molar-refractivity contribution in [2.75, 3.05) is 5.32 Å². The van der Waals surface area contributed by atoms with Crippen molar-refractivity contribution in [3.63, 3.8) is 0 Å². The number of amides is 1. The van der Waals surface area contributed by atoms with E-state index in [-0.39, 0.29) is 5.91 Å². The summed E-state index contributed by atoms with van der Waals surface area (Å²) in [5.41, 5.74) is 0.948. The van der Waals surface area contributed by atoms with Gasteiger partial charge in [0.25, 0.3) is 0 Å². The van der Waals surface area contributed by atoms with E-state index in [1.807, 2.05) is 13.8 Å². The molecule has 0 bridgehead atoms. The van der Waals surface area contributed by atoms with E-state index in [4.69, 9.17) is 11.6 Å². The van der Waals surface area contributed by atoms with Crippen molar-refractivity contribution in [1.29, 1.82) is 0 Å². The fourth-order valence-electron chi connectivity index (χ4n) is 1.42. The van der Waals surface area contributed by atoms with Gasteiger partial charge in [0.15, 0.2) is 0 Å². The Labute approximate surface area is 81.1 Å². The minimum atomic E-state index is -0.542. The molecule has 0 atom stereocenters. The minimum Gasteiger partial charge on any atom is -0.324 e. The van der Waals surface area contributed by atoms with E-state index < -0.39 is 5.41 Å². The molecule has 0 unspecified atom stereocenters. The van der Waals surface area contributed by atoms with Gasteiger partial charge in [0, 0.05) is 6.20 Å². The van der Waals surface area contributed by atoms with Crippen LogP contribution in [0.15, 0.2) is 12.3 Å². The lowest BCUT2D eigenvalue weighted by Gasteiger charge is -2.12. The Morgan fingerprint density at radius 1 is 1.54 bits per heavy atom. The summed E-state index contributed by atoms with van der Waals surface area (Å²) in [5.74, 6) is -0.0303. The third-order valence-electron chi connectivity index (χ3n) is 2.26. The number of hydrogen-bond acceptors (Lipinski definition) is 2. The maximum atomic E-state index is 11.5. The lowest BCUT2D eigenvalue weighted by Crippen LogP contribution is -2.27. The first kappa shape index (κ1) is 8.51. The maximum absolute atomic E-state index is 11.5. The standard InChI is InChI=1S/C9H9ClN2O/c1-9(2)7-6(12-8(9)13)3-5(10)4-11-7/h3-4H,1-2H3,(H,12,13). The van der Waals surface area contributed by atoms with Crippen molar-refractivity contribution in [3.8, 4) is 0 Å². The summed E-state index contributed by atoms with van der Waals surface area (Å²) in [6.45, 7) is 3.68. The number of carbonyl (C=O) groups excluding carboxylic acids is 1. The van der Waals surface area contributed by atoms with Gasteiger partial charge in [-0.25, -0.2) is 0 Å². The van der Waals surface area contributed by atoms with Gasteiger partial charge in [-0.15, -0.1) is 0 Å². The molecule has 3 nitrogen and oxygen atoms in total. The lowest BCUT2D eigenvalue weighted by molar-refractivity contribution is -0.119. The Morgan fingerprint density at radius 2 is 2.23 bits per heavy atom. The molecule has 0 spiro atoms. The number of hydrogen-bond donors (Lipinski definition) is 1. The fraction of sp³-hybridized carbons (Fsp3) is 0.333. The highest BCUT2D eigenvalue weighted by Gasteiger charge is 2.39. The van der Waals surface area contributed by atoms with Gasteiger partial charge in [0.05, 0.1) is 21.8 Å². The normalized spacial score (nSPS) is 18.2. The van der Waals surface area contributed by atoms with E-state index >= 15 is 0 Å². The van der Waals surface area contributed by atoms with E-state index in [1.165, 1.54) is 0 Å². The molecule has 0 saturated carbocycles. The van der Waals surface area contributed by atoms with E-state index in [9.17, 15) is 4.79 Å². The highest BCUT2D eigenvalue weighted by Crippen LogP contribution is 2.36. The number of aromatic nitrogens is 1. The Hall–Kier alpha value is -1.09. The molecule has 4 heteroatoms. The second-order valence-electron chi connectivity index (χ2n) is 3.63. The summed E-state index contributed by atoms with van der Waals surface area (Å²) in [6, 6.07) is 1.72. The second-order valence-corrected chi connectivity index (χ2v) is 4.07. The van der Waals surface area contributed by atoms with Crippen molar-refractivity contribution >= 4 is 23.2 Å². The predicted molar refractivity (Wildman–Crippen MR) is 50.9 cm³/mol. The van der Waals surface area contributed by atoms with E-state index in [1.54, 1.807) is 12.3 Å². The second kappa shape index (κ2) is 2.45. The van der Waals surface area contributed by atoms with Crippen LogP contribution in [-0.4, -0.2) is 10.9 Å². The van der Waals surface area contributed by atoms with Crippen molar-refractivity contribution < 1.29 is 4.79 Å². The van der Waals surface area contributed by atoms with Crippen LogP contribution >= 0.6 is 11.6 Å². The molecule has 2 rings (SSSR count). The molecular weight excluding hydrogens is 188 g/mol. The average Bonchev–Trinajstić information content (AvgIpc) is 2.23. The molecule has 0 aliphatic carbocycles. The number of fused-ring (bicyclic) bond motifs is 1. The smallest absolute Gasteiger partial charge is 0.236 e. The summed E-state index contributed by atoms with van der Waals surface area (Å²) in [4.78, 5) is 15.6. The largest absolute Gasteiger partial charge is 0.324 e. The van der Waals surface area contributed by atoms with Gasteiger partial charge in [0.1, 0.15) is 0 Å². The quantitative estimate of drug-likeness (QED) is 0.689. The number of pyridine rings is 1. The first-order valence-electron chi connectivity index (χ1n) is 3.99. The van der Waals surface area contributed by atoms with E-state index in [0.29, 0.717) is 5.02 Å². The van der Waals surface area contributed by atoms with Crippen LogP contribution in [0, 0.1) is 0 Å². The van der Waals surface area contributed by atoms with Gasteiger partial charge in [-0.1, -0.05) is 11.6 Å². The number of carbonyl (C=O) groups is 1. The Kier molecular flexibility index (Phi) is 1.60. The molecule has 0 fully saturated rings. The van der Waals surface area contributed by atoms with Crippen LogP contribution in [0.2, 0.25) is 5.02 Å². The molecule has 1 aliphatic heterocycles. The van der Waals surface area contributed by atoms with Gasteiger partial charge in [0.2, 0.25) is 5.91 Å². The molecule has 1 amide bonds. The molecule has 68 valence electrons. The molecule has 1 aliphatic rings. The first-order chi connectivity index (χ1) is 6.01. The Balaban J connectivity index is 2.62. The molecule has 1 aromatic rings. The fourth-order valence-corrected chi connectivity index (χ4v) is 1.58. The molecule has 0 radical (unpaired) electrons. The van der Waals surface area contributed by atoms with Crippen LogP contribution in [0.3, 0.4) is 0 Å². The number of anilines is 1. The van der Waals surface area contributed by atoms with Crippen LogP contribution in [-0.2, 0) is 10.2 Å². The summed E-state index contributed by atoms with van der Waals surface area (Å²) < 4.78 is 0. The zero-order valence-electron chi connectivity index (χ0n) is 7.39. The molecular formula is C9H9ClN2O. The Morgan fingerprint density at radius 3 is 2.92 bits per heavy atom. The van der Waals surface area contributed by atoms with Crippen molar-refractivity contribution in [3.05, 3.63) is 23.0 Å². The molecule has 13 heavy (non-hydrogen) atoms. The van der Waals surface area contributed by atoms with Crippen LogP contribution < -0.4 is 5.32 Å². The third-order valence-corrected chi connectivity index (χ3v) is 2.47. The summed E-state index contributed by atoms with van der Waals surface area (Å²) in [7, 11) is 0. The highest BCUT2D eigenvalue weighted by molar-refractivity contribution is 6.31. The SMILES string of the molecule is CC1(C)C(=O)Nc2cc(Cl)cnc21. The summed E-state index contributed by atoms with van der Waals surface area (Å²) >= 11 is 5.75. The number of halogens is 1. The molecule has 1 N–H and O–H groups in total. The summed E-state index contributed by atoms with van der Waals surface area (Å²) in [5, 5.41) is 3.28. The van der Waals surface area contributed by atoms with Crippen LogP contribution in [0.4, 0.5) is 5.69 Å². The minimum absolute atomic E-state index is 0.0303. The van der Waals surface area contributed by atoms with Crippen LogP contribution in [0.25, 0.3) is 0 Å². The number of rotatable bonds is 0. The Bertz CT molecular complexity index is 387. The van der Waals surface area contributed by atoms with E-state index in [0.717, 1.165) is 11.4 Å². The van der Waals surface area contributed by atoms with Gasteiger partial charge in [-0.05, 0) is 19.9 Å². The van der Waals surface area contributed by atoms with Crippen molar-refractivity contribution in [1.82, 2.24) is 4.98 Å². The number of nitrogens with zero attached hydrogens (tertiary/aromatic N) is 1. The highest BCUT2D eigenvalue weighted by atomic mass is 35.5. The van der Waals surface area contributed by atoms with Crippen LogP contribution in [0.5, 0.6) is 0 Å². The van der Waals surface area contributed by atoms with Gasteiger partial charge in [-0.3, -0.25) is 9.78 Å². The van der Waals surface area contributed by atoms with Gasteiger partial charge in [-0.2, -0.15) is 0 Å². The average molecular weight is 197 g/mol. The first-order valence-corrected chi connectivity index (χ1v) is 4.37. The maximum Gasteiger partial charge on any atom is 0.236 e. The number of nitrogens with one attached hydrogen (secondary N) is 1. The summed E-state index contributed by atoms with van der Waals surface area (Å²) in [6.07, 6.45) is 1.56. The van der Waals surface area contributed by atoms with E-state index in [2.05, 4.69) is 10.3 Å². The third kappa shape index (κ3) is 1.11. The topological polar surface area (TPSA) is 42.0 Å². The van der Waals surface area contributed by atoms with Crippen molar-refractivity contribution in [2.24, 2.45) is 0 Å². The van der Waals surface area contributed by atoms with Gasteiger partial charge >= 0.3 is 0 Å². The molecule has 0 saturated heterocycles.